The lowest BCUT2D eigenvalue weighted by Gasteiger charge is -2.37. The fourth-order valence-corrected chi connectivity index (χ4v) is 2.63. The zero-order chi connectivity index (χ0) is 13.1. The summed E-state index contributed by atoms with van der Waals surface area (Å²) in [4.78, 5) is 13.3. The molecule has 0 aromatic rings. The van der Waals surface area contributed by atoms with Crippen LogP contribution in [-0.4, -0.2) is 48.7 Å². The lowest BCUT2D eigenvalue weighted by Crippen LogP contribution is -2.45. The highest BCUT2D eigenvalue weighted by Crippen LogP contribution is 2.25. The summed E-state index contributed by atoms with van der Waals surface area (Å²) in [5.41, 5.74) is -0.658. The van der Waals surface area contributed by atoms with E-state index in [-0.39, 0.29) is 0 Å². The van der Waals surface area contributed by atoms with Gasteiger partial charge in [0.25, 0.3) is 0 Å². The van der Waals surface area contributed by atoms with Crippen LogP contribution in [0.25, 0.3) is 0 Å². The van der Waals surface area contributed by atoms with Crippen LogP contribution in [0.15, 0.2) is 0 Å². The Kier molecular flexibility index (Phi) is 4.95. The standard InChI is InChI=1S/C13H26N2O2/c1-13(2,12(16)17)9-15(4)11-7-5-10(14-3)6-8-11/h10-11,14H,5-9H2,1-4H3,(H,16,17). The Morgan fingerprint density at radius 1 is 1.35 bits per heavy atom. The Labute approximate surface area is 104 Å². The molecule has 0 radical (unpaired) electrons. The van der Waals surface area contributed by atoms with Gasteiger partial charge < -0.3 is 15.3 Å². The molecule has 0 bridgehead atoms. The Hall–Kier alpha value is -0.610. The summed E-state index contributed by atoms with van der Waals surface area (Å²) in [6.07, 6.45) is 4.72. The maximum absolute atomic E-state index is 11.1. The van der Waals surface area contributed by atoms with Gasteiger partial charge in [-0.3, -0.25) is 4.79 Å². The lowest BCUT2D eigenvalue weighted by atomic mass is 9.87. The predicted molar refractivity (Wildman–Crippen MR) is 69.2 cm³/mol. The van der Waals surface area contributed by atoms with Gasteiger partial charge in [0.05, 0.1) is 5.41 Å². The maximum Gasteiger partial charge on any atom is 0.310 e. The first kappa shape index (κ1) is 14.5. The average molecular weight is 242 g/mol. The molecule has 1 saturated carbocycles. The molecule has 0 spiro atoms. The van der Waals surface area contributed by atoms with E-state index in [1.165, 1.54) is 12.8 Å². The number of hydrogen-bond acceptors (Lipinski definition) is 3. The summed E-state index contributed by atoms with van der Waals surface area (Å²) in [6, 6.07) is 1.19. The van der Waals surface area contributed by atoms with E-state index in [9.17, 15) is 4.79 Å². The predicted octanol–water partition coefficient (Wildman–Crippen LogP) is 1.56. The second kappa shape index (κ2) is 5.83. The van der Waals surface area contributed by atoms with Crippen molar-refractivity contribution in [2.75, 3.05) is 20.6 Å². The summed E-state index contributed by atoms with van der Waals surface area (Å²) in [5, 5.41) is 12.4. The SMILES string of the molecule is CNC1CCC(N(C)CC(C)(C)C(=O)O)CC1. The van der Waals surface area contributed by atoms with Crippen LogP contribution >= 0.6 is 0 Å². The molecule has 4 nitrogen and oxygen atoms in total. The zero-order valence-electron chi connectivity index (χ0n) is 11.5. The zero-order valence-corrected chi connectivity index (χ0v) is 11.5. The van der Waals surface area contributed by atoms with Crippen molar-refractivity contribution < 1.29 is 9.90 Å². The summed E-state index contributed by atoms with van der Waals surface area (Å²) >= 11 is 0. The number of carbonyl (C=O) groups is 1. The van der Waals surface area contributed by atoms with Gasteiger partial charge in [-0.2, -0.15) is 0 Å². The number of nitrogens with zero attached hydrogens (tertiary/aromatic N) is 1. The van der Waals surface area contributed by atoms with E-state index in [0.29, 0.717) is 18.6 Å². The van der Waals surface area contributed by atoms with Crippen molar-refractivity contribution in [1.29, 1.82) is 0 Å². The van der Waals surface area contributed by atoms with Gasteiger partial charge in [0.2, 0.25) is 0 Å². The van der Waals surface area contributed by atoms with Crippen LogP contribution < -0.4 is 5.32 Å². The Bertz CT molecular complexity index is 258. The monoisotopic (exact) mass is 242 g/mol. The van der Waals surface area contributed by atoms with E-state index in [2.05, 4.69) is 17.3 Å². The summed E-state index contributed by atoms with van der Waals surface area (Å²) < 4.78 is 0. The minimum Gasteiger partial charge on any atom is -0.481 e. The summed E-state index contributed by atoms with van der Waals surface area (Å²) in [6.45, 7) is 4.22. The largest absolute Gasteiger partial charge is 0.481 e. The molecule has 4 heteroatoms. The average Bonchev–Trinajstić information content (AvgIpc) is 2.28. The minimum absolute atomic E-state index is 0.540. The number of rotatable bonds is 5. The highest BCUT2D eigenvalue weighted by atomic mass is 16.4. The van der Waals surface area contributed by atoms with Crippen LogP contribution in [0.1, 0.15) is 39.5 Å². The van der Waals surface area contributed by atoms with E-state index in [4.69, 9.17) is 5.11 Å². The molecule has 0 saturated heterocycles. The minimum atomic E-state index is -0.715. The van der Waals surface area contributed by atoms with Crippen molar-refractivity contribution in [2.45, 2.75) is 51.6 Å². The third kappa shape index (κ3) is 3.96. The van der Waals surface area contributed by atoms with Crippen molar-refractivity contribution in [3.8, 4) is 0 Å². The molecule has 1 aliphatic carbocycles. The quantitative estimate of drug-likeness (QED) is 0.768. The Balaban J connectivity index is 2.44. The number of hydrogen-bond donors (Lipinski definition) is 2. The van der Waals surface area contributed by atoms with Crippen molar-refractivity contribution in [1.82, 2.24) is 10.2 Å². The van der Waals surface area contributed by atoms with Crippen LogP contribution in [0.5, 0.6) is 0 Å². The van der Waals surface area contributed by atoms with Crippen molar-refractivity contribution in [2.24, 2.45) is 5.41 Å². The van der Waals surface area contributed by atoms with Gasteiger partial charge in [-0.25, -0.2) is 0 Å². The Morgan fingerprint density at radius 2 is 1.88 bits per heavy atom. The fraction of sp³-hybridized carbons (Fsp3) is 0.923. The first-order valence-corrected chi connectivity index (χ1v) is 6.47. The third-order valence-electron chi connectivity index (χ3n) is 3.95. The number of carboxylic acids is 1. The van der Waals surface area contributed by atoms with Crippen LogP contribution in [0, 0.1) is 5.41 Å². The maximum atomic E-state index is 11.1. The van der Waals surface area contributed by atoms with Gasteiger partial charge in [-0.05, 0) is 53.6 Å². The highest BCUT2D eigenvalue weighted by Gasteiger charge is 2.32. The van der Waals surface area contributed by atoms with Crippen LogP contribution in [0.3, 0.4) is 0 Å². The van der Waals surface area contributed by atoms with Crippen molar-refractivity contribution >= 4 is 5.97 Å². The van der Waals surface area contributed by atoms with Crippen molar-refractivity contribution in [3.05, 3.63) is 0 Å². The third-order valence-corrected chi connectivity index (χ3v) is 3.95. The molecular formula is C13H26N2O2. The lowest BCUT2D eigenvalue weighted by molar-refractivity contribution is -0.148. The van der Waals surface area contributed by atoms with E-state index < -0.39 is 11.4 Å². The second-order valence-electron chi connectivity index (χ2n) is 5.90. The van der Waals surface area contributed by atoms with Gasteiger partial charge in [0, 0.05) is 18.6 Å². The Morgan fingerprint density at radius 3 is 2.29 bits per heavy atom. The smallest absolute Gasteiger partial charge is 0.310 e. The molecule has 0 aliphatic heterocycles. The molecule has 100 valence electrons. The molecule has 17 heavy (non-hydrogen) atoms. The molecule has 0 atom stereocenters. The molecule has 0 heterocycles. The van der Waals surface area contributed by atoms with Gasteiger partial charge in [0.15, 0.2) is 0 Å². The van der Waals surface area contributed by atoms with Gasteiger partial charge >= 0.3 is 5.97 Å². The molecule has 0 aromatic heterocycles. The van der Waals surface area contributed by atoms with Crippen LogP contribution in [-0.2, 0) is 4.79 Å². The molecule has 1 fully saturated rings. The molecule has 1 aliphatic rings. The number of aliphatic carboxylic acids is 1. The van der Waals surface area contributed by atoms with Crippen LogP contribution in [0.4, 0.5) is 0 Å². The summed E-state index contributed by atoms with van der Waals surface area (Å²) in [5.74, 6) is -0.715. The normalized spacial score (nSPS) is 26.2. The topological polar surface area (TPSA) is 52.6 Å². The van der Waals surface area contributed by atoms with E-state index in [0.717, 1.165) is 12.8 Å². The molecule has 1 rings (SSSR count). The van der Waals surface area contributed by atoms with E-state index >= 15 is 0 Å². The molecule has 2 N–H and O–H groups in total. The number of nitrogens with one attached hydrogen (secondary N) is 1. The van der Waals surface area contributed by atoms with E-state index in [1.54, 1.807) is 13.8 Å². The molecule has 0 aromatic carbocycles. The second-order valence-corrected chi connectivity index (χ2v) is 5.90. The van der Waals surface area contributed by atoms with Gasteiger partial charge in [-0.1, -0.05) is 0 Å². The van der Waals surface area contributed by atoms with Crippen LogP contribution in [0.2, 0.25) is 0 Å². The fourth-order valence-electron chi connectivity index (χ4n) is 2.63. The number of carboxylic acid groups (broad SMARTS) is 1. The summed E-state index contributed by atoms with van der Waals surface area (Å²) in [7, 11) is 4.07. The van der Waals surface area contributed by atoms with Gasteiger partial charge in [-0.15, -0.1) is 0 Å². The van der Waals surface area contributed by atoms with Crippen molar-refractivity contribution in [3.63, 3.8) is 0 Å². The first-order chi connectivity index (χ1) is 7.86. The van der Waals surface area contributed by atoms with E-state index in [1.807, 2.05) is 7.05 Å². The molecular weight excluding hydrogens is 216 g/mol. The molecule has 0 amide bonds. The first-order valence-electron chi connectivity index (χ1n) is 6.47. The highest BCUT2D eigenvalue weighted by molar-refractivity contribution is 5.73. The molecule has 0 unspecified atom stereocenters. The van der Waals surface area contributed by atoms with Gasteiger partial charge in [0.1, 0.15) is 0 Å².